The lowest BCUT2D eigenvalue weighted by atomic mass is 10.0. The molecule has 0 radical (unpaired) electrons. The average Bonchev–Trinajstić information content (AvgIpc) is 3.39. The molecule has 52 heavy (non-hydrogen) atoms. The van der Waals surface area contributed by atoms with E-state index in [2.05, 4.69) is 15.6 Å². The van der Waals surface area contributed by atoms with Crippen LogP contribution in [0.4, 0.5) is 34.1 Å². The van der Waals surface area contributed by atoms with Gasteiger partial charge >= 0.3 is 18.3 Å². The fraction of sp³-hybridized carbons (Fsp3) is 0.297. The van der Waals surface area contributed by atoms with Crippen LogP contribution in [0.2, 0.25) is 5.02 Å². The lowest BCUT2D eigenvalue weighted by molar-refractivity contribution is -0.137. The number of nitrogen functional groups attached to an aromatic ring is 1. The van der Waals surface area contributed by atoms with Gasteiger partial charge in [0.25, 0.3) is 0 Å². The van der Waals surface area contributed by atoms with Crippen molar-refractivity contribution in [3.63, 3.8) is 0 Å². The first-order valence-electron chi connectivity index (χ1n) is 16.9. The normalized spacial score (nSPS) is 16.2. The van der Waals surface area contributed by atoms with E-state index in [1.165, 1.54) is 11.1 Å². The van der Waals surface area contributed by atoms with Crippen LogP contribution in [0.1, 0.15) is 47.0 Å². The third kappa shape index (κ3) is 7.63. The van der Waals surface area contributed by atoms with Crippen molar-refractivity contribution in [2.75, 3.05) is 30.7 Å². The number of amides is 3. The highest BCUT2D eigenvalue weighted by Gasteiger charge is 2.36. The monoisotopic (exact) mass is 732 g/mol. The van der Waals surface area contributed by atoms with Crippen molar-refractivity contribution in [2.45, 2.75) is 50.5 Å². The molecule has 1 unspecified atom stereocenters. The molecular weight excluding hydrogens is 697 g/mol. The number of alkyl halides is 3. The number of piperidine rings is 1. The molecule has 3 amide bonds. The second-order valence-corrected chi connectivity index (χ2v) is 13.3. The van der Waals surface area contributed by atoms with E-state index in [0.29, 0.717) is 50.4 Å². The Hall–Kier alpha value is -5.34. The smallest absolute Gasteiger partial charge is 0.397 e. The van der Waals surface area contributed by atoms with E-state index < -0.39 is 29.6 Å². The van der Waals surface area contributed by atoms with Gasteiger partial charge < -0.3 is 30.7 Å². The third-order valence-electron chi connectivity index (χ3n) is 9.50. The largest absolute Gasteiger partial charge is 0.426 e. The zero-order chi connectivity index (χ0) is 36.4. The van der Waals surface area contributed by atoms with E-state index in [0.717, 1.165) is 34.8 Å². The Morgan fingerprint density at radius 3 is 2.58 bits per heavy atom. The lowest BCUT2D eigenvalue weighted by Crippen LogP contribution is -2.49. The maximum atomic E-state index is 14.0. The number of nitrogens with one attached hydrogen (secondary N) is 2. The number of rotatable bonds is 8. The number of imidazole rings is 1. The Bertz CT molecular complexity index is 2090. The standard InChI is InChI=1S/C37H36ClF3N8O3/c38-28-19-24(18-27(33(28)42)37(39,40)41)20-31(34-44-30-9-3-4-10-32(30)49(34)22-23-6-5-14-43-21-23)46-36(51)52-47-15-12-26(13-16-47)48-17-11-25-7-1-2-8-29(25)45-35(48)50/h1-10,14,18-19,21,26,31H,11-13,15-17,20,22,42H2,(H,45,50)(H,46,51). The van der Waals surface area contributed by atoms with E-state index in [-0.39, 0.29) is 29.1 Å². The maximum absolute atomic E-state index is 14.0. The van der Waals surface area contributed by atoms with Crippen LogP contribution in [-0.4, -0.2) is 62.3 Å². The number of nitrogens with two attached hydrogens (primary N) is 1. The molecule has 2 aliphatic heterocycles. The number of hydrogen-bond acceptors (Lipinski definition) is 7. The summed E-state index contributed by atoms with van der Waals surface area (Å²) in [4.78, 5) is 43.3. The van der Waals surface area contributed by atoms with Crippen molar-refractivity contribution >= 4 is 46.1 Å². The zero-order valence-electron chi connectivity index (χ0n) is 27.9. The number of nitrogens with zero attached hydrogens (tertiary/aromatic N) is 5. The van der Waals surface area contributed by atoms with E-state index in [4.69, 9.17) is 27.2 Å². The number of benzene rings is 3. The summed E-state index contributed by atoms with van der Waals surface area (Å²) in [5, 5.41) is 7.17. The van der Waals surface area contributed by atoms with Crippen LogP contribution < -0.4 is 16.4 Å². The highest BCUT2D eigenvalue weighted by atomic mass is 35.5. The van der Waals surface area contributed by atoms with Crippen LogP contribution in [0.5, 0.6) is 0 Å². The highest BCUT2D eigenvalue weighted by Crippen LogP contribution is 2.39. The van der Waals surface area contributed by atoms with Crippen molar-refractivity contribution in [3.05, 3.63) is 118 Å². The van der Waals surface area contributed by atoms with Crippen molar-refractivity contribution in [2.24, 2.45) is 0 Å². The highest BCUT2D eigenvalue weighted by molar-refractivity contribution is 6.33. The summed E-state index contributed by atoms with van der Waals surface area (Å²) in [5.41, 5.74) is 8.42. The van der Waals surface area contributed by atoms with Crippen LogP contribution in [0.15, 0.2) is 85.2 Å². The molecule has 1 atom stereocenters. The number of urea groups is 1. The Labute approximate surface area is 302 Å². The van der Waals surface area contributed by atoms with Crippen LogP contribution in [0.3, 0.4) is 0 Å². The number of hydroxylamine groups is 2. The summed E-state index contributed by atoms with van der Waals surface area (Å²) in [7, 11) is 0. The van der Waals surface area contributed by atoms with Gasteiger partial charge in [-0.1, -0.05) is 48.0 Å². The van der Waals surface area contributed by atoms with Crippen molar-refractivity contribution in [3.8, 4) is 0 Å². The Balaban J connectivity index is 1.11. The summed E-state index contributed by atoms with van der Waals surface area (Å²) in [5.74, 6) is 0.399. The van der Waals surface area contributed by atoms with Crippen molar-refractivity contribution in [1.29, 1.82) is 0 Å². The number of aromatic nitrogens is 3. The molecule has 15 heteroatoms. The second kappa shape index (κ2) is 14.7. The van der Waals surface area contributed by atoms with E-state index in [1.54, 1.807) is 18.5 Å². The molecule has 0 spiro atoms. The third-order valence-corrected chi connectivity index (χ3v) is 9.82. The SMILES string of the molecule is Nc1c(Cl)cc(CC(NC(=O)ON2CCC(N3CCc4ccccc4NC3=O)CC2)c2nc3ccccc3n2Cc2cccnc2)cc1C(F)(F)F. The minimum atomic E-state index is -4.75. The first kappa shape index (κ1) is 35.1. The minimum absolute atomic E-state index is 0.0459. The van der Waals surface area contributed by atoms with Gasteiger partial charge in [-0.25, -0.2) is 14.6 Å². The number of anilines is 2. The molecule has 5 aromatic rings. The molecule has 0 saturated carbocycles. The molecule has 3 aromatic carbocycles. The molecule has 0 aliphatic carbocycles. The number of halogens is 4. The molecule has 4 heterocycles. The van der Waals surface area contributed by atoms with Crippen LogP contribution >= 0.6 is 11.6 Å². The number of carbonyl (C=O) groups is 2. The number of carbonyl (C=O) groups excluding carboxylic acids is 2. The fourth-order valence-corrected chi connectivity index (χ4v) is 7.18. The number of para-hydroxylation sites is 3. The fourth-order valence-electron chi connectivity index (χ4n) is 6.94. The van der Waals surface area contributed by atoms with E-state index in [9.17, 15) is 22.8 Å². The van der Waals surface area contributed by atoms with Gasteiger partial charge in [0, 0.05) is 50.2 Å². The van der Waals surface area contributed by atoms with Gasteiger partial charge in [0.1, 0.15) is 5.82 Å². The first-order chi connectivity index (χ1) is 25.0. The van der Waals surface area contributed by atoms with Gasteiger partial charge in [0.15, 0.2) is 0 Å². The summed E-state index contributed by atoms with van der Waals surface area (Å²) in [6, 6.07) is 20.0. The van der Waals surface area contributed by atoms with Gasteiger partial charge in [-0.3, -0.25) is 4.98 Å². The molecule has 0 bridgehead atoms. The molecule has 2 aliphatic rings. The Morgan fingerprint density at radius 2 is 1.81 bits per heavy atom. The molecule has 11 nitrogen and oxygen atoms in total. The summed E-state index contributed by atoms with van der Waals surface area (Å²) in [6.45, 7) is 1.65. The van der Waals surface area contributed by atoms with Crippen LogP contribution in [0.25, 0.3) is 11.0 Å². The average molecular weight is 733 g/mol. The summed E-state index contributed by atoms with van der Waals surface area (Å²) < 4.78 is 43.8. The molecule has 1 saturated heterocycles. The molecule has 1 fully saturated rings. The van der Waals surface area contributed by atoms with E-state index in [1.807, 2.05) is 64.1 Å². The molecule has 7 rings (SSSR count). The summed E-state index contributed by atoms with van der Waals surface area (Å²) >= 11 is 6.20. The Morgan fingerprint density at radius 1 is 1.04 bits per heavy atom. The number of hydrogen-bond donors (Lipinski definition) is 3. The summed E-state index contributed by atoms with van der Waals surface area (Å²) in [6.07, 6.45) is -0.412. The lowest BCUT2D eigenvalue weighted by Gasteiger charge is -2.37. The van der Waals surface area contributed by atoms with Gasteiger partial charge in [0.05, 0.1) is 39.9 Å². The Kier molecular flexibility index (Phi) is 9.93. The van der Waals surface area contributed by atoms with Gasteiger partial charge in [-0.05, 0) is 72.4 Å². The van der Waals surface area contributed by atoms with Crippen molar-refractivity contribution < 1.29 is 27.6 Å². The molecule has 4 N–H and O–H groups in total. The predicted molar refractivity (Wildman–Crippen MR) is 190 cm³/mol. The molecule has 2 aromatic heterocycles. The predicted octanol–water partition coefficient (Wildman–Crippen LogP) is 7.21. The van der Waals surface area contributed by atoms with E-state index >= 15 is 0 Å². The van der Waals surface area contributed by atoms with Gasteiger partial charge in [0.2, 0.25) is 0 Å². The first-order valence-corrected chi connectivity index (χ1v) is 17.3. The zero-order valence-corrected chi connectivity index (χ0v) is 28.7. The van der Waals surface area contributed by atoms with Gasteiger partial charge in [-0.2, -0.15) is 13.2 Å². The van der Waals surface area contributed by atoms with Gasteiger partial charge in [-0.15, -0.1) is 5.06 Å². The molecule has 270 valence electrons. The maximum Gasteiger partial charge on any atom is 0.426 e. The quantitative estimate of drug-likeness (QED) is 0.144. The number of fused-ring (bicyclic) bond motifs is 2. The molecular formula is C37H36ClF3N8O3. The van der Waals surface area contributed by atoms with Crippen molar-refractivity contribution in [1.82, 2.24) is 29.8 Å². The second-order valence-electron chi connectivity index (χ2n) is 12.9. The minimum Gasteiger partial charge on any atom is -0.397 e. The topological polar surface area (TPSA) is 131 Å². The number of pyridine rings is 1. The van der Waals surface area contributed by atoms with Crippen LogP contribution in [-0.2, 0) is 30.4 Å². The van der Waals surface area contributed by atoms with Crippen LogP contribution in [0, 0.1) is 0 Å².